The Bertz CT molecular complexity index is 306. The summed E-state index contributed by atoms with van der Waals surface area (Å²) in [6.07, 6.45) is 7.32. The topological polar surface area (TPSA) is 40.5 Å². The third kappa shape index (κ3) is 1.54. The summed E-state index contributed by atoms with van der Waals surface area (Å²) in [5.41, 5.74) is 0. The molecule has 4 rings (SSSR count). The van der Waals surface area contributed by atoms with E-state index in [0.717, 1.165) is 42.4 Å². The van der Waals surface area contributed by atoms with Crippen molar-refractivity contribution in [2.75, 3.05) is 0 Å². The van der Waals surface area contributed by atoms with Crippen LogP contribution in [-0.4, -0.2) is 22.4 Å². The molecule has 8 atom stereocenters. The van der Waals surface area contributed by atoms with Crippen LogP contribution >= 0.6 is 0 Å². The van der Waals surface area contributed by atoms with Crippen molar-refractivity contribution < 1.29 is 10.2 Å². The van der Waals surface area contributed by atoms with E-state index in [9.17, 15) is 10.2 Å². The van der Waals surface area contributed by atoms with Crippen LogP contribution in [0.1, 0.15) is 45.4 Å². The van der Waals surface area contributed by atoms with Crippen LogP contribution < -0.4 is 0 Å². The summed E-state index contributed by atoms with van der Waals surface area (Å²) in [5.74, 6) is 5.43. The molecule has 0 amide bonds. The highest BCUT2D eigenvalue weighted by Crippen LogP contribution is 2.58. The molecule has 102 valence electrons. The minimum Gasteiger partial charge on any atom is -0.393 e. The quantitative estimate of drug-likeness (QED) is 0.790. The van der Waals surface area contributed by atoms with E-state index in [4.69, 9.17) is 0 Å². The van der Waals surface area contributed by atoms with Gasteiger partial charge in [0.25, 0.3) is 0 Å². The zero-order valence-electron chi connectivity index (χ0n) is 11.3. The van der Waals surface area contributed by atoms with Gasteiger partial charge in [-0.15, -0.1) is 0 Å². The van der Waals surface area contributed by atoms with E-state index < -0.39 is 0 Å². The summed E-state index contributed by atoms with van der Waals surface area (Å²) in [7, 11) is 0. The lowest BCUT2D eigenvalue weighted by molar-refractivity contribution is 0.0412. The van der Waals surface area contributed by atoms with Gasteiger partial charge in [-0.1, -0.05) is 6.92 Å². The molecule has 8 unspecified atom stereocenters. The second-order valence-electron chi connectivity index (χ2n) is 7.78. The van der Waals surface area contributed by atoms with Gasteiger partial charge in [0.1, 0.15) is 0 Å². The molecule has 4 saturated carbocycles. The Morgan fingerprint density at radius 1 is 0.667 bits per heavy atom. The third-order valence-corrected chi connectivity index (χ3v) is 7.10. The van der Waals surface area contributed by atoms with Gasteiger partial charge in [-0.25, -0.2) is 0 Å². The van der Waals surface area contributed by atoms with Gasteiger partial charge in [-0.3, -0.25) is 0 Å². The molecule has 0 aromatic rings. The number of aliphatic hydroxyl groups is 2. The fourth-order valence-corrected chi connectivity index (χ4v) is 6.18. The van der Waals surface area contributed by atoms with Crippen molar-refractivity contribution >= 4 is 0 Å². The van der Waals surface area contributed by atoms with E-state index in [1.54, 1.807) is 0 Å². The molecule has 2 nitrogen and oxygen atoms in total. The van der Waals surface area contributed by atoms with Crippen LogP contribution in [-0.2, 0) is 0 Å². The average molecular weight is 250 g/mol. The molecule has 0 spiro atoms. The van der Waals surface area contributed by atoms with Crippen LogP contribution in [0.15, 0.2) is 0 Å². The fourth-order valence-electron chi connectivity index (χ4n) is 6.18. The molecule has 0 aromatic carbocycles. The minimum absolute atomic E-state index is 0.0142. The van der Waals surface area contributed by atoms with Crippen molar-refractivity contribution in [3.63, 3.8) is 0 Å². The van der Waals surface area contributed by atoms with Gasteiger partial charge in [0.15, 0.2) is 0 Å². The highest BCUT2D eigenvalue weighted by molar-refractivity contribution is 5.02. The molecule has 0 saturated heterocycles. The van der Waals surface area contributed by atoms with Crippen LogP contribution in [0, 0.1) is 41.4 Å². The summed E-state index contributed by atoms with van der Waals surface area (Å²) in [5, 5.41) is 19.8. The van der Waals surface area contributed by atoms with E-state index in [2.05, 4.69) is 6.92 Å². The normalized spacial score (nSPS) is 59.5. The summed E-state index contributed by atoms with van der Waals surface area (Å²) < 4.78 is 0. The van der Waals surface area contributed by atoms with Crippen LogP contribution in [0.3, 0.4) is 0 Å². The van der Waals surface area contributed by atoms with Crippen molar-refractivity contribution in [1.82, 2.24) is 0 Å². The molecule has 2 N–H and O–H groups in total. The lowest BCUT2D eigenvalue weighted by atomic mass is 9.69. The van der Waals surface area contributed by atoms with Gasteiger partial charge in [0, 0.05) is 0 Å². The first kappa shape index (κ1) is 11.7. The predicted octanol–water partition coefficient (Wildman–Crippen LogP) is 2.44. The number of fused-ring (bicyclic) bond motifs is 4. The average Bonchev–Trinajstić information content (AvgIpc) is 3.04. The minimum atomic E-state index is 0.0142. The third-order valence-electron chi connectivity index (χ3n) is 7.10. The Kier molecular flexibility index (Phi) is 2.58. The molecule has 4 aliphatic carbocycles. The smallest absolute Gasteiger partial charge is 0.0571 e. The Morgan fingerprint density at radius 3 is 1.39 bits per heavy atom. The SMILES string of the molecule is CC(C1CC2CC1CC2O)C1CC2CC1CC2O. The molecule has 2 heteroatoms. The van der Waals surface area contributed by atoms with E-state index in [0.29, 0.717) is 11.8 Å². The van der Waals surface area contributed by atoms with Gasteiger partial charge in [0.05, 0.1) is 12.2 Å². The van der Waals surface area contributed by atoms with Gasteiger partial charge >= 0.3 is 0 Å². The maximum absolute atomic E-state index is 9.89. The van der Waals surface area contributed by atoms with E-state index >= 15 is 0 Å². The van der Waals surface area contributed by atoms with Crippen molar-refractivity contribution in [3.8, 4) is 0 Å². The summed E-state index contributed by atoms with van der Waals surface area (Å²) in [4.78, 5) is 0. The lowest BCUT2D eigenvalue weighted by Gasteiger charge is -2.37. The van der Waals surface area contributed by atoms with Crippen molar-refractivity contribution in [2.24, 2.45) is 41.4 Å². The second-order valence-corrected chi connectivity index (χ2v) is 7.78. The van der Waals surface area contributed by atoms with Crippen molar-refractivity contribution in [2.45, 2.75) is 57.7 Å². The molecular formula is C16H26O2. The first-order valence-electron chi connectivity index (χ1n) is 7.99. The number of rotatable bonds is 2. The van der Waals surface area contributed by atoms with Crippen LogP contribution in [0.5, 0.6) is 0 Å². The fraction of sp³-hybridized carbons (Fsp3) is 1.00. The first-order chi connectivity index (χ1) is 8.63. The van der Waals surface area contributed by atoms with Crippen LogP contribution in [0.4, 0.5) is 0 Å². The van der Waals surface area contributed by atoms with Gasteiger partial charge in [-0.2, -0.15) is 0 Å². The maximum Gasteiger partial charge on any atom is 0.0571 e. The molecule has 0 aromatic heterocycles. The van der Waals surface area contributed by atoms with Crippen LogP contribution in [0.2, 0.25) is 0 Å². The van der Waals surface area contributed by atoms with Gasteiger partial charge in [0.2, 0.25) is 0 Å². The molecule has 0 aliphatic heterocycles. The molecule has 0 radical (unpaired) electrons. The zero-order valence-corrected chi connectivity index (χ0v) is 11.3. The molecule has 4 bridgehead atoms. The summed E-state index contributed by atoms with van der Waals surface area (Å²) in [6, 6.07) is 0. The molecular weight excluding hydrogens is 224 g/mol. The summed E-state index contributed by atoms with van der Waals surface area (Å²) >= 11 is 0. The molecule has 4 aliphatic rings. The monoisotopic (exact) mass is 250 g/mol. The molecule has 18 heavy (non-hydrogen) atoms. The Labute approximate surface area is 110 Å². The second kappa shape index (κ2) is 3.96. The van der Waals surface area contributed by atoms with Crippen molar-refractivity contribution in [1.29, 1.82) is 0 Å². The standard InChI is InChI=1S/C16H26O2/c1-8(13-4-11-2-9(13)6-15(11)17)14-5-12-3-10(14)7-16(12)18/h8-18H,2-7H2,1H3. The van der Waals surface area contributed by atoms with Crippen molar-refractivity contribution in [3.05, 3.63) is 0 Å². The van der Waals surface area contributed by atoms with E-state index in [1.807, 2.05) is 0 Å². The van der Waals surface area contributed by atoms with Gasteiger partial charge in [-0.05, 0) is 80.0 Å². The lowest BCUT2D eigenvalue weighted by Crippen LogP contribution is -2.33. The zero-order chi connectivity index (χ0) is 12.4. The van der Waals surface area contributed by atoms with Gasteiger partial charge < -0.3 is 10.2 Å². The predicted molar refractivity (Wildman–Crippen MR) is 69.8 cm³/mol. The Balaban J connectivity index is 1.45. The van der Waals surface area contributed by atoms with E-state index in [1.165, 1.54) is 25.7 Å². The Hall–Kier alpha value is -0.0800. The van der Waals surface area contributed by atoms with E-state index in [-0.39, 0.29) is 12.2 Å². The maximum atomic E-state index is 9.89. The molecule has 4 fully saturated rings. The van der Waals surface area contributed by atoms with Crippen LogP contribution in [0.25, 0.3) is 0 Å². The largest absolute Gasteiger partial charge is 0.393 e. The highest BCUT2D eigenvalue weighted by Gasteiger charge is 2.52. The number of aliphatic hydroxyl groups excluding tert-OH is 2. The summed E-state index contributed by atoms with van der Waals surface area (Å²) in [6.45, 7) is 2.47. The highest BCUT2D eigenvalue weighted by atomic mass is 16.3. The first-order valence-corrected chi connectivity index (χ1v) is 7.99. The number of hydrogen-bond donors (Lipinski definition) is 2. The Morgan fingerprint density at radius 2 is 1.11 bits per heavy atom. The number of hydrogen-bond acceptors (Lipinski definition) is 2. The molecule has 0 heterocycles.